The number of carbonyl (C=O) groups excluding carboxylic acids is 1. The van der Waals surface area contributed by atoms with Crippen molar-refractivity contribution in [2.45, 2.75) is 17.9 Å². The van der Waals surface area contributed by atoms with Crippen molar-refractivity contribution in [3.63, 3.8) is 0 Å². The summed E-state index contributed by atoms with van der Waals surface area (Å²) in [5.74, 6) is -2.47. The van der Waals surface area contributed by atoms with Crippen LogP contribution in [0, 0.1) is 11.6 Å². The highest BCUT2D eigenvalue weighted by atomic mass is 32.2. The molecule has 0 saturated heterocycles. The SMILES string of the molecule is CC(NC(=O)c1cccc(S(C)(=O)=O)c1)c1ccc(F)c(F)c1. The van der Waals surface area contributed by atoms with Crippen molar-refractivity contribution in [3.8, 4) is 0 Å². The van der Waals surface area contributed by atoms with E-state index >= 15 is 0 Å². The van der Waals surface area contributed by atoms with Gasteiger partial charge in [-0.25, -0.2) is 17.2 Å². The van der Waals surface area contributed by atoms with Gasteiger partial charge in [0.05, 0.1) is 10.9 Å². The molecule has 7 heteroatoms. The van der Waals surface area contributed by atoms with Gasteiger partial charge < -0.3 is 5.32 Å². The third kappa shape index (κ3) is 4.13. The number of hydrogen-bond acceptors (Lipinski definition) is 3. The van der Waals surface area contributed by atoms with Crippen LogP contribution in [0.1, 0.15) is 28.9 Å². The van der Waals surface area contributed by atoms with E-state index < -0.39 is 33.4 Å². The molecule has 2 aromatic rings. The van der Waals surface area contributed by atoms with Crippen LogP contribution < -0.4 is 5.32 Å². The number of nitrogens with one attached hydrogen (secondary N) is 1. The van der Waals surface area contributed by atoms with E-state index in [1.807, 2.05) is 0 Å². The Morgan fingerprint density at radius 1 is 1.09 bits per heavy atom. The number of amides is 1. The van der Waals surface area contributed by atoms with Gasteiger partial charge in [0.15, 0.2) is 21.5 Å². The van der Waals surface area contributed by atoms with Crippen molar-refractivity contribution in [3.05, 3.63) is 65.2 Å². The molecule has 1 atom stereocenters. The summed E-state index contributed by atoms with van der Waals surface area (Å²) in [4.78, 5) is 12.2. The lowest BCUT2D eigenvalue weighted by molar-refractivity contribution is 0.0939. The quantitative estimate of drug-likeness (QED) is 0.932. The number of hydrogen-bond donors (Lipinski definition) is 1. The van der Waals surface area contributed by atoms with E-state index in [4.69, 9.17) is 0 Å². The molecule has 1 N–H and O–H groups in total. The Bertz CT molecular complexity index is 850. The van der Waals surface area contributed by atoms with Gasteiger partial charge in [0.2, 0.25) is 0 Å². The highest BCUT2D eigenvalue weighted by Gasteiger charge is 2.15. The van der Waals surface area contributed by atoms with Gasteiger partial charge in [0, 0.05) is 11.8 Å². The molecule has 122 valence electrons. The molecule has 2 rings (SSSR count). The molecule has 4 nitrogen and oxygen atoms in total. The molecule has 0 heterocycles. The molecule has 0 radical (unpaired) electrons. The van der Waals surface area contributed by atoms with Gasteiger partial charge in [-0.2, -0.15) is 0 Å². The molecule has 0 aliphatic heterocycles. The summed E-state index contributed by atoms with van der Waals surface area (Å²) in [5.41, 5.74) is 0.568. The highest BCUT2D eigenvalue weighted by Crippen LogP contribution is 2.17. The van der Waals surface area contributed by atoms with Gasteiger partial charge in [-0.1, -0.05) is 12.1 Å². The molecule has 0 aliphatic rings. The summed E-state index contributed by atoms with van der Waals surface area (Å²) < 4.78 is 49.2. The fourth-order valence-corrected chi connectivity index (χ4v) is 2.68. The minimum Gasteiger partial charge on any atom is -0.346 e. The fourth-order valence-electron chi connectivity index (χ4n) is 2.01. The zero-order valence-electron chi connectivity index (χ0n) is 12.5. The van der Waals surface area contributed by atoms with Crippen LogP contribution in [0.2, 0.25) is 0 Å². The fraction of sp³-hybridized carbons (Fsp3) is 0.188. The molecule has 0 aliphatic carbocycles. The van der Waals surface area contributed by atoms with Crippen LogP contribution in [0.5, 0.6) is 0 Å². The first kappa shape index (κ1) is 17.1. The molecule has 0 bridgehead atoms. The predicted octanol–water partition coefficient (Wildman–Crippen LogP) is 2.86. The van der Waals surface area contributed by atoms with Gasteiger partial charge in [-0.15, -0.1) is 0 Å². The third-order valence-electron chi connectivity index (χ3n) is 3.32. The van der Waals surface area contributed by atoms with Crippen LogP contribution in [-0.2, 0) is 9.84 Å². The normalized spacial score (nSPS) is 12.7. The lowest BCUT2D eigenvalue weighted by Crippen LogP contribution is -2.26. The lowest BCUT2D eigenvalue weighted by atomic mass is 10.1. The Kier molecular flexibility index (Phi) is 4.79. The predicted molar refractivity (Wildman–Crippen MR) is 81.8 cm³/mol. The molecule has 0 spiro atoms. The zero-order valence-corrected chi connectivity index (χ0v) is 13.3. The summed E-state index contributed by atoms with van der Waals surface area (Å²) in [6.45, 7) is 1.62. The van der Waals surface area contributed by atoms with Crippen LogP contribution in [0.15, 0.2) is 47.4 Å². The van der Waals surface area contributed by atoms with E-state index in [9.17, 15) is 22.0 Å². The summed E-state index contributed by atoms with van der Waals surface area (Å²) >= 11 is 0. The van der Waals surface area contributed by atoms with E-state index in [2.05, 4.69) is 5.32 Å². The van der Waals surface area contributed by atoms with E-state index in [0.29, 0.717) is 5.56 Å². The Labute approximate surface area is 133 Å². The van der Waals surface area contributed by atoms with Crippen molar-refractivity contribution in [1.29, 1.82) is 0 Å². The monoisotopic (exact) mass is 339 g/mol. The van der Waals surface area contributed by atoms with Crippen LogP contribution in [0.3, 0.4) is 0 Å². The molecule has 0 saturated carbocycles. The van der Waals surface area contributed by atoms with E-state index in [-0.39, 0.29) is 10.5 Å². The smallest absolute Gasteiger partial charge is 0.251 e. The van der Waals surface area contributed by atoms with Gasteiger partial charge in [-0.05, 0) is 42.8 Å². The maximum atomic E-state index is 13.2. The average Bonchev–Trinajstić information content (AvgIpc) is 2.49. The summed E-state index contributed by atoms with van der Waals surface area (Å²) in [6, 6.07) is 8.39. The van der Waals surface area contributed by atoms with Crippen molar-refractivity contribution in [2.75, 3.05) is 6.26 Å². The first-order chi connectivity index (χ1) is 10.7. The lowest BCUT2D eigenvalue weighted by Gasteiger charge is -2.15. The molecule has 0 fully saturated rings. The number of halogens is 2. The second-order valence-electron chi connectivity index (χ2n) is 5.17. The molecule has 1 unspecified atom stereocenters. The number of rotatable bonds is 4. The van der Waals surface area contributed by atoms with Crippen LogP contribution in [0.25, 0.3) is 0 Å². The molecule has 2 aromatic carbocycles. The minimum absolute atomic E-state index is 0.0330. The third-order valence-corrected chi connectivity index (χ3v) is 4.43. The Morgan fingerprint density at radius 3 is 2.39 bits per heavy atom. The Balaban J connectivity index is 2.20. The second-order valence-corrected chi connectivity index (χ2v) is 7.18. The molecule has 1 amide bonds. The standard InChI is InChI=1S/C16H15F2NO3S/c1-10(11-6-7-14(17)15(18)9-11)19-16(20)12-4-3-5-13(8-12)23(2,21)22/h3-10H,1-2H3,(H,19,20). The number of carbonyl (C=O) groups is 1. The summed E-state index contributed by atoms with van der Waals surface area (Å²) in [7, 11) is -3.42. The van der Waals surface area contributed by atoms with Crippen LogP contribution >= 0.6 is 0 Å². The van der Waals surface area contributed by atoms with Crippen molar-refractivity contribution < 1.29 is 22.0 Å². The highest BCUT2D eigenvalue weighted by molar-refractivity contribution is 7.90. The Hall–Kier alpha value is -2.28. The first-order valence-electron chi connectivity index (χ1n) is 6.74. The van der Waals surface area contributed by atoms with Crippen LogP contribution in [0.4, 0.5) is 8.78 Å². The number of benzene rings is 2. The minimum atomic E-state index is -3.42. The molecule has 23 heavy (non-hydrogen) atoms. The van der Waals surface area contributed by atoms with Gasteiger partial charge in [0.1, 0.15) is 0 Å². The van der Waals surface area contributed by atoms with Crippen LogP contribution in [-0.4, -0.2) is 20.6 Å². The average molecular weight is 339 g/mol. The van der Waals surface area contributed by atoms with E-state index in [1.54, 1.807) is 6.92 Å². The van der Waals surface area contributed by atoms with Crippen molar-refractivity contribution in [2.24, 2.45) is 0 Å². The number of sulfone groups is 1. The zero-order chi connectivity index (χ0) is 17.2. The maximum absolute atomic E-state index is 13.2. The van der Waals surface area contributed by atoms with Gasteiger partial charge in [-0.3, -0.25) is 4.79 Å². The van der Waals surface area contributed by atoms with Gasteiger partial charge in [0.25, 0.3) is 5.91 Å². The topological polar surface area (TPSA) is 63.2 Å². The summed E-state index contributed by atoms with van der Waals surface area (Å²) in [5, 5.41) is 2.61. The van der Waals surface area contributed by atoms with Crippen molar-refractivity contribution in [1.82, 2.24) is 5.32 Å². The van der Waals surface area contributed by atoms with Gasteiger partial charge >= 0.3 is 0 Å². The first-order valence-corrected chi connectivity index (χ1v) is 8.63. The van der Waals surface area contributed by atoms with Crippen molar-refractivity contribution >= 4 is 15.7 Å². The van der Waals surface area contributed by atoms with E-state index in [1.165, 1.54) is 30.3 Å². The Morgan fingerprint density at radius 2 is 1.78 bits per heavy atom. The molecular formula is C16H15F2NO3S. The van der Waals surface area contributed by atoms with E-state index in [0.717, 1.165) is 18.4 Å². The summed E-state index contributed by atoms with van der Waals surface area (Å²) in [6.07, 6.45) is 1.05. The molecule has 0 aromatic heterocycles. The maximum Gasteiger partial charge on any atom is 0.251 e. The molecular weight excluding hydrogens is 324 g/mol. The second kappa shape index (κ2) is 6.45. The largest absolute Gasteiger partial charge is 0.346 e.